The van der Waals surface area contributed by atoms with E-state index in [1.807, 2.05) is 18.0 Å². The minimum Gasteiger partial charge on any atom is -0.297 e. The molecule has 1 aromatic heterocycles. The second-order valence-corrected chi connectivity index (χ2v) is 4.49. The molecule has 1 aromatic rings. The fraction of sp³-hybridized carbons (Fsp3) is 0.667. The lowest BCUT2D eigenvalue weighted by atomic mass is 10.3. The van der Waals surface area contributed by atoms with Crippen molar-refractivity contribution >= 4 is 11.8 Å². The monoisotopic (exact) mass is 197 g/mol. The van der Waals surface area contributed by atoms with Crippen LogP contribution in [-0.2, 0) is 6.54 Å². The molecule has 2 heterocycles. The normalized spacial score (nSPS) is 28.2. The Bertz CT molecular complexity index is 284. The predicted octanol–water partition coefficient (Wildman–Crippen LogP) is 1.63. The molecule has 1 N–H and O–H groups in total. The predicted molar refractivity (Wildman–Crippen MR) is 55.7 cm³/mol. The summed E-state index contributed by atoms with van der Waals surface area (Å²) >= 11 is 1.97. The van der Waals surface area contributed by atoms with Crippen LogP contribution in [0.2, 0.25) is 0 Å². The van der Waals surface area contributed by atoms with Crippen molar-refractivity contribution in [2.75, 3.05) is 5.75 Å². The van der Waals surface area contributed by atoms with E-state index in [4.69, 9.17) is 0 Å². The van der Waals surface area contributed by atoms with Crippen molar-refractivity contribution in [2.24, 2.45) is 0 Å². The van der Waals surface area contributed by atoms with Gasteiger partial charge in [-0.3, -0.25) is 10.00 Å². The second kappa shape index (κ2) is 3.72. The molecule has 0 aliphatic carbocycles. The van der Waals surface area contributed by atoms with Gasteiger partial charge in [0.15, 0.2) is 0 Å². The zero-order chi connectivity index (χ0) is 9.26. The zero-order valence-corrected chi connectivity index (χ0v) is 8.84. The molecular formula is C9H15N3S. The number of aromatic nitrogens is 2. The molecule has 1 saturated heterocycles. The van der Waals surface area contributed by atoms with Crippen molar-refractivity contribution < 1.29 is 0 Å². The number of rotatable bonds is 2. The summed E-state index contributed by atoms with van der Waals surface area (Å²) in [7, 11) is 0. The largest absolute Gasteiger partial charge is 0.297 e. The van der Waals surface area contributed by atoms with Crippen LogP contribution in [0.5, 0.6) is 0 Å². The van der Waals surface area contributed by atoms with E-state index in [1.165, 1.54) is 11.4 Å². The van der Waals surface area contributed by atoms with E-state index < -0.39 is 0 Å². The van der Waals surface area contributed by atoms with Crippen molar-refractivity contribution in [3.63, 3.8) is 0 Å². The average molecular weight is 197 g/mol. The lowest BCUT2D eigenvalue weighted by Gasteiger charge is -2.12. The van der Waals surface area contributed by atoms with E-state index in [1.54, 1.807) is 0 Å². The molecule has 3 nitrogen and oxygen atoms in total. The average Bonchev–Trinajstić information content (AvgIpc) is 2.71. The number of nitrogens with one attached hydrogen (secondary N) is 1. The Kier molecular flexibility index (Phi) is 2.60. The maximum Gasteiger partial charge on any atom is 0.0961 e. The molecule has 1 aliphatic rings. The van der Waals surface area contributed by atoms with Crippen molar-refractivity contribution in [3.05, 3.63) is 18.0 Å². The fourth-order valence-corrected chi connectivity index (χ4v) is 2.87. The summed E-state index contributed by atoms with van der Waals surface area (Å²) in [6, 6.07) is 2.72. The first kappa shape index (κ1) is 9.09. The van der Waals surface area contributed by atoms with Crippen LogP contribution in [-0.4, -0.2) is 21.6 Å². The molecule has 0 amide bonds. The van der Waals surface area contributed by atoms with Crippen LogP contribution in [0, 0.1) is 0 Å². The first-order valence-corrected chi connectivity index (χ1v) is 5.75. The third kappa shape index (κ3) is 1.74. The van der Waals surface area contributed by atoms with Crippen LogP contribution in [0.25, 0.3) is 0 Å². The van der Waals surface area contributed by atoms with Crippen molar-refractivity contribution in [3.8, 4) is 0 Å². The number of hydrogen-bond acceptors (Lipinski definition) is 3. The molecule has 1 aliphatic heterocycles. The lowest BCUT2D eigenvalue weighted by molar-refractivity contribution is 0.556. The summed E-state index contributed by atoms with van der Waals surface area (Å²) < 4.78 is 2.06. The van der Waals surface area contributed by atoms with Crippen molar-refractivity contribution in [1.82, 2.24) is 15.1 Å². The first-order chi connectivity index (χ1) is 6.31. The number of aryl methyl sites for hydroxylation is 1. The summed E-state index contributed by atoms with van der Waals surface area (Å²) in [5.41, 5.74) is 1.30. The zero-order valence-electron chi connectivity index (χ0n) is 8.03. The van der Waals surface area contributed by atoms with E-state index in [2.05, 4.69) is 35.0 Å². The molecular weight excluding hydrogens is 182 g/mol. The van der Waals surface area contributed by atoms with Gasteiger partial charge in [-0.15, -0.1) is 11.8 Å². The minimum absolute atomic E-state index is 0.442. The van der Waals surface area contributed by atoms with Gasteiger partial charge < -0.3 is 0 Å². The second-order valence-electron chi connectivity index (χ2n) is 3.35. The number of hydrogen-bond donors (Lipinski definition) is 1. The number of thioether (sulfide) groups is 1. The summed E-state index contributed by atoms with van der Waals surface area (Å²) in [5.74, 6) is 1.19. The van der Waals surface area contributed by atoms with Gasteiger partial charge in [-0.1, -0.05) is 0 Å². The first-order valence-electron chi connectivity index (χ1n) is 4.70. The molecule has 2 rings (SSSR count). The molecule has 2 unspecified atom stereocenters. The van der Waals surface area contributed by atoms with Crippen LogP contribution in [0.4, 0.5) is 0 Å². The molecule has 72 valence electrons. The number of nitrogens with zero attached hydrogens (tertiary/aromatic N) is 2. The maximum atomic E-state index is 4.27. The Hall–Kier alpha value is -0.480. The summed E-state index contributed by atoms with van der Waals surface area (Å²) in [5, 5.41) is 8.24. The van der Waals surface area contributed by atoms with Crippen molar-refractivity contribution in [2.45, 2.75) is 31.8 Å². The molecule has 0 spiro atoms. The Labute approximate surface area is 82.9 Å². The Morgan fingerprint density at radius 2 is 2.62 bits per heavy atom. The molecule has 2 atom stereocenters. The van der Waals surface area contributed by atoms with Gasteiger partial charge in [0, 0.05) is 24.5 Å². The molecule has 1 fully saturated rings. The van der Waals surface area contributed by atoms with Gasteiger partial charge in [-0.05, 0) is 19.9 Å². The van der Waals surface area contributed by atoms with Crippen LogP contribution in [0.1, 0.15) is 24.9 Å². The molecule has 0 saturated carbocycles. The SMILES string of the molecule is CCn1nccc1C1NC(C)CS1. The van der Waals surface area contributed by atoms with Gasteiger partial charge in [0.05, 0.1) is 11.1 Å². The van der Waals surface area contributed by atoms with E-state index in [9.17, 15) is 0 Å². The molecule has 13 heavy (non-hydrogen) atoms. The standard InChI is InChI=1S/C9H15N3S/c1-3-12-8(4-5-10-12)9-11-7(2)6-13-9/h4-5,7,9,11H,3,6H2,1-2H3. The summed E-state index contributed by atoms with van der Waals surface area (Å²) in [6.45, 7) is 5.30. The molecule has 0 bridgehead atoms. The highest BCUT2D eigenvalue weighted by Gasteiger charge is 2.24. The summed E-state index contributed by atoms with van der Waals surface area (Å²) in [4.78, 5) is 0. The topological polar surface area (TPSA) is 29.9 Å². The van der Waals surface area contributed by atoms with Crippen LogP contribution < -0.4 is 5.32 Å². The van der Waals surface area contributed by atoms with E-state index >= 15 is 0 Å². The Morgan fingerprint density at radius 1 is 1.77 bits per heavy atom. The maximum absolute atomic E-state index is 4.27. The highest BCUT2D eigenvalue weighted by atomic mass is 32.2. The molecule has 4 heteroatoms. The molecule has 0 radical (unpaired) electrons. The highest BCUT2D eigenvalue weighted by Crippen LogP contribution is 2.32. The third-order valence-corrected chi connectivity index (χ3v) is 3.67. The van der Waals surface area contributed by atoms with E-state index in [0.29, 0.717) is 11.4 Å². The van der Waals surface area contributed by atoms with Crippen LogP contribution in [0.3, 0.4) is 0 Å². The summed E-state index contributed by atoms with van der Waals surface area (Å²) in [6.07, 6.45) is 1.88. The van der Waals surface area contributed by atoms with Crippen LogP contribution in [0.15, 0.2) is 12.3 Å². The Morgan fingerprint density at radius 3 is 3.23 bits per heavy atom. The van der Waals surface area contributed by atoms with Crippen molar-refractivity contribution in [1.29, 1.82) is 0 Å². The van der Waals surface area contributed by atoms with Gasteiger partial charge in [0.25, 0.3) is 0 Å². The fourth-order valence-electron chi connectivity index (χ4n) is 1.60. The molecule has 0 aromatic carbocycles. The highest BCUT2D eigenvalue weighted by molar-refractivity contribution is 7.99. The van der Waals surface area contributed by atoms with Gasteiger partial charge in [0.1, 0.15) is 0 Å². The third-order valence-electron chi connectivity index (χ3n) is 2.27. The Balaban J connectivity index is 2.16. The minimum atomic E-state index is 0.442. The quantitative estimate of drug-likeness (QED) is 0.781. The van der Waals surface area contributed by atoms with Gasteiger partial charge in [0.2, 0.25) is 0 Å². The van der Waals surface area contributed by atoms with E-state index in [0.717, 1.165) is 6.54 Å². The lowest BCUT2D eigenvalue weighted by Crippen LogP contribution is -2.23. The van der Waals surface area contributed by atoms with Gasteiger partial charge >= 0.3 is 0 Å². The smallest absolute Gasteiger partial charge is 0.0961 e. The van der Waals surface area contributed by atoms with E-state index in [-0.39, 0.29) is 0 Å². The van der Waals surface area contributed by atoms with Gasteiger partial charge in [-0.2, -0.15) is 5.10 Å². The van der Waals surface area contributed by atoms with Gasteiger partial charge in [-0.25, -0.2) is 0 Å². The van der Waals surface area contributed by atoms with Crippen LogP contribution >= 0.6 is 11.8 Å².